The Kier molecular flexibility index (Phi) is 5.76. The van der Waals surface area contributed by atoms with E-state index in [0.29, 0.717) is 23.8 Å². The Morgan fingerprint density at radius 2 is 2.20 bits per heavy atom. The van der Waals surface area contributed by atoms with Crippen molar-refractivity contribution in [1.82, 2.24) is 4.90 Å². The Hall–Kier alpha value is -1.82. The van der Waals surface area contributed by atoms with Crippen LogP contribution < -0.4 is 10.5 Å². The van der Waals surface area contributed by atoms with E-state index in [2.05, 4.69) is 0 Å². The molecular formula is C14H20N2O3S. The lowest BCUT2D eigenvalue weighted by Crippen LogP contribution is -2.38. The van der Waals surface area contributed by atoms with Gasteiger partial charge in [0.2, 0.25) is 0 Å². The Labute approximate surface area is 124 Å². The van der Waals surface area contributed by atoms with E-state index in [4.69, 9.17) is 22.7 Å². The summed E-state index contributed by atoms with van der Waals surface area (Å²) in [7, 11) is 1.50. The van der Waals surface area contributed by atoms with Crippen molar-refractivity contribution in [1.29, 1.82) is 0 Å². The number of carbonyl (C=O) groups is 1. The SMILES string of the molecule is CCN(CC(C)C(N)=S)C(=O)c1ccc(OC)cc1O. The molecule has 6 heteroatoms. The summed E-state index contributed by atoms with van der Waals surface area (Å²) in [5.41, 5.74) is 5.81. The first kappa shape index (κ1) is 16.2. The van der Waals surface area contributed by atoms with Crippen LogP contribution in [-0.4, -0.2) is 41.1 Å². The number of hydrogen-bond acceptors (Lipinski definition) is 4. The zero-order chi connectivity index (χ0) is 15.3. The second kappa shape index (κ2) is 7.09. The summed E-state index contributed by atoms with van der Waals surface area (Å²) in [6.45, 7) is 4.67. The number of phenolic OH excluding ortho intramolecular Hbond substituents is 1. The average molecular weight is 296 g/mol. The molecule has 1 rings (SSSR count). The number of aromatic hydroxyl groups is 1. The van der Waals surface area contributed by atoms with Crippen LogP contribution in [0.5, 0.6) is 11.5 Å². The maximum absolute atomic E-state index is 12.4. The number of thiocarbonyl (C=S) groups is 1. The zero-order valence-electron chi connectivity index (χ0n) is 11.9. The molecule has 0 aliphatic carbocycles. The smallest absolute Gasteiger partial charge is 0.257 e. The molecule has 0 fully saturated rings. The number of amides is 1. The molecule has 1 aromatic carbocycles. The summed E-state index contributed by atoms with van der Waals surface area (Å²) in [6.07, 6.45) is 0. The van der Waals surface area contributed by atoms with Crippen LogP contribution in [0.25, 0.3) is 0 Å². The van der Waals surface area contributed by atoms with Gasteiger partial charge in [-0.1, -0.05) is 19.1 Å². The molecule has 110 valence electrons. The highest BCUT2D eigenvalue weighted by atomic mass is 32.1. The van der Waals surface area contributed by atoms with Crippen LogP contribution in [0.4, 0.5) is 0 Å². The van der Waals surface area contributed by atoms with Crippen molar-refractivity contribution in [3.63, 3.8) is 0 Å². The zero-order valence-corrected chi connectivity index (χ0v) is 12.7. The maximum Gasteiger partial charge on any atom is 0.257 e. The van der Waals surface area contributed by atoms with Crippen molar-refractivity contribution >= 4 is 23.1 Å². The molecule has 0 aromatic heterocycles. The van der Waals surface area contributed by atoms with Gasteiger partial charge in [-0.3, -0.25) is 4.79 Å². The second-order valence-corrected chi connectivity index (χ2v) is 5.00. The van der Waals surface area contributed by atoms with Crippen molar-refractivity contribution in [2.45, 2.75) is 13.8 Å². The number of methoxy groups -OCH3 is 1. The van der Waals surface area contributed by atoms with Gasteiger partial charge in [-0.25, -0.2) is 0 Å². The molecule has 1 amide bonds. The lowest BCUT2D eigenvalue weighted by atomic mass is 10.1. The predicted molar refractivity (Wildman–Crippen MR) is 82.2 cm³/mol. The summed E-state index contributed by atoms with van der Waals surface area (Å²) in [4.78, 5) is 14.4. The summed E-state index contributed by atoms with van der Waals surface area (Å²) in [5, 5.41) is 9.90. The summed E-state index contributed by atoms with van der Waals surface area (Å²) in [5.74, 6) is 0.0689. The van der Waals surface area contributed by atoms with Crippen molar-refractivity contribution in [2.75, 3.05) is 20.2 Å². The number of phenols is 1. The highest BCUT2D eigenvalue weighted by Crippen LogP contribution is 2.24. The van der Waals surface area contributed by atoms with Crippen LogP contribution in [-0.2, 0) is 0 Å². The third-order valence-corrected chi connectivity index (χ3v) is 3.49. The summed E-state index contributed by atoms with van der Waals surface area (Å²) < 4.78 is 4.99. The molecule has 5 nitrogen and oxygen atoms in total. The summed E-state index contributed by atoms with van der Waals surface area (Å²) in [6, 6.07) is 4.60. The topological polar surface area (TPSA) is 75.8 Å². The van der Waals surface area contributed by atoms with Gasteiger partial charge in [-0.05, 0) is 19.1 Å². The summed E-state index contributed by atoms with van der Waals surface area (Å²) >= 11 is 4.92. The lowest BCUT2D eigenvalue weighted by molar-refractivity contribution is 0.0752. The number of ether oxygens (including phenoxy) is 1. The van der Waals surface area contributed by atoms with E-state index in [-0.39, 0.29) is 23.1 Å². The number of nitrogens with zero attached hydrogens (tertiary/aromatic N) is 1. The van der Waals surface area contributed by atoms with Crippen molar-refractivity contribution in [3.05, 3.63) is 23.8 Å². The monoisotopic (exact) mass is 296 g/mol. The molecular weight excluding hydrogens is 276 g/mol. The Balaban J connectivity index is 2.94. The molecule has 1 aromatic rings. The van der Waals surface area contributed by atoms with E-state index in [0.717, 1.165) is 0 Å². The molecule has 0 saturated carbocycles. The molecule has 0 aliphatic rings. The van der Waals surface area contributed by atoms with Crippen LogP contribution in [0, 0.1) is 5.92 Å². The quantitative estimate of drug-likeness (QED) is 0.783. The van der Waals surface area contributed by atoms with Crippen LogP contribution in [0.2, 0.25) is 0 Å². The van der Waals surface area contributed by atoms with Crippen molar-refractivity contribution in [2.24, 2.45) is 11.7 Å². The van der Waals surface area contributed by atoms with E-state index >= 15 is 0 Å². The molecule has 3 N–H and O–H groups in total. The van der Waals surface area contributed by atoms with E-state index in [1.165, 1.54) is 13.2 Å². The average Bonchev–Trinajstić information content (AvgIpc) is 2.43. The largest absolute Gasteiger partial charge is 0.507 e. The van der Waals surface area contributed by atoms with Crippen LogP contribution in [0.3, 0.4) is 0 Å². The fourth-order valence-electron chi connectivity index (χ4n) is 1.77. The van der Waals surface area contributed by atoms with Gasteiger partial charge in [0.25, 0.3) is 5.91 Å². The predicted octanol–water partition coefficient (Wildman–Crippen LogP) is 1.79. The Morgan fingerprint density at radius 1 is 1.55 bits per heavy atom. The van der Waals surface area contributed by atoms with E-state index in [9.17, 15) is 9.90 Å². The van der Waals surface area contributed by atoms with Gasteiger partial charge < -0.3 is 20.5 Å². The number of hydrogen-bond donors (Lipinski definition) is 2. The Morgan fingerprint density at radius 3 is 2.65 bits per heavy atom. The normalized spacial score (nSPS) is 11.8. The number of benzene rings is 1. The maximum atomic E-state index is 12.4. The Bertz CT molecular complexity index is 505. The minimum Gasteiger partial charge on any atom is -0.507 e. The number of nitrogens with two attached hydrogens (primary N) is 1. The first-order valence-electron chi connectivity index (χ1n) is 6.36. The molecule has 0 spiro atoms. The van der Waals surface area contributed by atoms with Gasteiger partial charge in [0.15, 0.2) is 0 Å². The van der Waals surface area contributed by atoms with E-state index in [1.807, 2.05) is 13.8 Å². The van der Waals surface area contributed by atoms with Gasteiger partial charge in [0, 0.05) is 25.1 Å². The molecule has 0 radical (unpaired) electrons. The minimum absolute atomic E-state index is 0.0747. The van der Waals surface area contributed by atoms with Crippen molar-refractivity contribution < 1.29 is 14.6 Å². The number of rotatable bonds is 6. The molecule has 1 unspecified atom stereocenters. The standard InChI is InChI=1S/C14H20N2O3S/c1-4-16(8-9(2)13(15)20)14(18)11-6-5-10(19-3)7-12(11)17/h5-7,9,17H,4,8H2,1-3H3,(H2,15,20). The first-order valence-corrected chi connectivity index (χ1v) is 6.77. The van der Waals surface area contributed by atoms with Crippen LogP contribution in [0.1, 0.15) is 24.2 Å². The van der Waals surface area contributed by atoms with Gasteiger partial charge in [0.1, 0.15) is 11.5 Å². The second-order valence-electron chi connectivity index (χ2n) is 4.53. The highest BCUT2D eigenvalue weighted by molar-refractivity contribution is 7.80. The van der Waals surface area contributed by atoms with Crippen molar-refractivity contribution in [3.8, 4) is 11.5 Å². The minimum atomic E-state index is -0.254. The van der Waals surface area contributed by atoms with Gasteiger partial charge in [-0.2, -0.15) is 0 Å². The molecule has 0 aliphatic heterocycles. The van der Waals surface area contributed by atoms with Crippen LogP contribution >= 0.6 is 12.2 Å². The van der Waals surface area contributed by atoms with E-state index < -0.39 is 0 Å². The lowest BCUT2D eigenvalue weighted by Gasteiger charge is -2.24. The highest BCUT2D eigenvalue weighted by Gasteiger charge is 2.20. The molecule has 0 saturated heterocycles. The van der Waals surface area contributed by atoms with Crippen LogP contribution in [0.15, 0.2) is 18.2 Å². The van der Waals surface area contributed by atoms with Gasteiger partial charge in [0.05, 0.1) is 17.7 Å². The van der Waals surface area contributed by atoms with Gasteiger partial charge in [-0.15, -0.1) is 0 Å². The molecule has 1 atom stereocenters. The molecule has 0 heterocycles. The first-order chi connectivity index (χ1) is 9.40. The fourth-order valence-corrected chi connectivity index (χ4v) is 1.84. The number of carbonyl (C=O) groups excluding carboxylic acids is 1. The molecule has 0 bridgehead atoms. The third-order valence-electron chi connectivity index (χ3n) is 3.08. The third kappa shape index (κ3) is 3.84. The van der Waals surface area contributed by atoms with E-state index in [1.54, 1.807) is 17.0 Å². The van der Waals surface area contributed by atoms with Gasteiger partial charge >= 0.3 is 0 Å². The molecule has 20 heavy (non-hydrogen) atoms. The fraction of sp³-hybridized carbons (Fsp3) is 0.429.